The van der Waals surface area contributed by atoms with Gasteiger partial charge in [-0.15, -0.1) is 0 Å². The highest BCUT2D eigenvalue weighted by Crippen LogP contribution is 2.31. The second-order valence-corrected chi connectivity index (χ2v) is 5.48. The van der Waals surface area contributed by atoms with Crippen molar-refractivity contribution in [3.05, 3.63) is 35.4 Å². The maximum absolute atomic E-state index is 13.5. The van der Waals surface area contributed by atoms with Crippen molar-refractivity contribution in [1.29, 1.82) is 0 Å². The van der Waals surface area contributed by atoms with Gasteiger partial charge >= 0.3 is 0 Å². The largest absolute Gasteiger partial charge is 0.299 e. The molecule has 0 unspecified atom stereocenters. The second kappa shape index (κ2) is 6.27. The molecule has 0 amide bonds. The molecule has 1 saturated carbocycles. The molecule has 0 atom stereocenters. The number of hydrogen-bond acceptors (Lipinski definition) is 1. The summed E-state index contributed by atoms with van der Waals surface area (Å²) in [5.74, 6) is -0.933. The summed E-state index contributed by atoms with van der Waals surface area (Å²) < 4.78 is 26.6. The van der Waals surface area contributed by atoms with E-state index in [4.69, 9.17) is 0 Å². The fourth-order valence-corrected chi connectivity index (χ4v) is 2.91. The number of hydrogen-bond donors (Lipinski definition) is 0. The molecule has 1 aromatic carbocycles. The Morgan fingerprint density at radius 3 is 2.53 bits per heavy atom. The molecule has 1 aliphatic carbocycles. The SMILES string of the molecule is CCC1CCC(C(=O)Cc2cccc(F)c2F)CC1. The normalized spacial score (nSPS) is 23.3. The summed E-state index contributed by atoms with van der Waals surface area (Å²) in [6.07, 6.45) is 5.14. The van der Waals surface area contributed by atoms with Crippen molar-refractivity contribution in [2.45, 2.75) is 45.4 Å². The van der Waals surface area contributed by atoms with Gasteiger partial charge in [0.1, 0.15) is 5.78 Å². The Bertz CT molecular complexity index is 448. The molecule has 0 heterocycles. The molecule has 0 N–H and O–H groups in total. The predicted octanol–water partition coefficient (Wildman–Crippen LogP) is 4.29. The first-order valence-corrected chi connectivity index (χ1v) is 7.07. The average molecular weight is 266 g/mol. The van der Waals surface area contributed by atoms with Gasteiger partial charge < -0.3 is 0 Å². The van der Waals surface area contributed by atoms with Gasteiger partial charge in [-0.25, -0.2) is 8.78 Å². The summed E-state index contributed by atoms with van der Waals surface area (Å²) in [7, 11) is 0. The van der Waals surface area contributed by atoms with E-state index in [1.165, 1.54) is 18.6 Å². The molecule has 1 fully saturated rings. The van der Waals surface area contributed by atoms with Crippen molar-refractivity contribution in [2.75, 3.05) is 0 Å². The maximum Gasteiger partial charge on any atom is 0.162 e. The minimum absolute atomic E-state index is 0.0189. The van der Waals surface area contributed by atoms with Crippen molar-refractivity contribution in [3.8, 4) is 0 Å². The topological polar surface area (TPSA) is 17.1 Å². The van der Waals surface area contributed by atoms with Crippen LogP contribution in [0.15, 0.2) is 18.2 Å². The van der Waals surface area contributed by atoms with E-state index in [1.807, 2.05) is 0 Å². The van der Waals surface area contributed by atoms with Crippen LogP contribution in [0.2, 0.25) is 0 Å². The molecule has 19 heavy (non-hydrogen) atoms. The molecule has 3 heteroatoms. The lowest BCUT2D eigenvalue weighted by Gasteiger charge is -2.26. The Hall–Kier alpha value is -1.25. The molecule has 0 aliphatic heterocycles. The molecule has 0 spiro atoms. The highest BCUT2D eigenvalue weighted by Gasteiger charge is 2.26. The number of benzene rings is 1. The smallest absolute Gasteiger partial charge is 0.162 e. The first kappa shape index (κ1) is 14.2. The summed E-state index contributed by atoms with van der Waals surface area (Å²) in [6, 6.07) is 4.03. The molecular weight excluding hydrogens is 246 g/mol. The van der Waals surface area contributed by atoms with Crippen LogP contribution in [0.5, 0.6) is 0 Å². The summed E-state index contributed by atoms with van der Waals surface area (Å²) in [5, 5.41) is 0. The predicted molar refractivity (Wildman–Crippen MR) is 70.8 cm³/mol. The number of Topliss-reactive ketones (excluding diaryl/α,β-unsaturated/α-hetero) is 1. The molecule has 1 nitrogen and oxygen atoms in total. The average Bonchev–Trinajstić information content (AvgIpc) is 2.44. The molecular formula is C16H20F2O. The summed E-state index contributed by atoms with van der Waals surface area (Å²) in [6.45, 7) is 2.18. The third-order valence-corrected chi connectivity index (χ3v) is 4.28. The molecule has 0 saturated heterocycles. The van der Waals surface area contributed by atoms with Crippen LogP contribution in [0.1, 0.15) is 44.6 Å². The van der Waals surface area contributed by atoms with Crippen LogP contribution in [0, 0.1) is 23.5 Å². The van der Waals surface area contributed by atoms with Gasteiger partial charge in [-0.3, -0.25) is 4.79 Å². The highest BCUT2D eigenvalue weighted by atomic mass is 19.2. The van der Waals surface area contributed by atoms with Crippen molar-refractivity contribution in [3.63, 3.8) is 0 Å². The Kier molecular flexibility index (Phi) is 4.67. The van der Waals surface area contributed by atoms with Crippen molar-refractivity contribution in [1.82, 2.24) is 0 Å². The Morgan fingerprint density at radius 1 is 1.21 bits per heavy atom. The van der Waals surface area contributed by atoms with Gasteiger partial charge in [-0.2, -0.15) is 0 Å². The summed E-state index contributed by atoms with van der Waals surface area (Å²) in [5.41, 5.74) is 0.183. The van der Waals surface area contributed by atoms with Crippen LogP contribution in [0.4, 0.5) is 8.78 Å². The van der Waals surface area contributed by atoms with E-state index in [-0.39, 0.29) is 23.7 Å². The third-order valence-electron chi connectivity index (χ3n) is 4.28. The van der Waals surface area contributed by atoms with E-state index in [1.54, 1.807) is 0 Å². The standard InChI is InChI=1S/C16H20F2O/c1-2-11-6-8-12(9-7-11)15(19)10-13-4-3-5-14(17)16(13)18/h3-5,11-12H,2,6-10H2,1H3. The zero-order valence-corrected chi connectivity index (χ0v) is 11.3. The number of carbonyl (C=O) groups is 1. The van der Waals surface area contributed by atoms with Crippen molar-refractivity contribution < 1.29 is 13.6 Å². The monoisotopic (exact) mass is 266 g/mol. The van der Waals surface area contributed by atoms with E-state index in [2.05, 4.69) is 6.92 Å². The molecule has 0 bridgehead atoms. The fraction of sp³-hybridized carbons (Fsp3) is 0.562. The zero-order chi connectivity index (χ0) is 13.8. The summed E-state index contributed by atoms with van der Waals surface area (Å²) >= 11 is 0. The molecule has 1 aromatic rings. The molecule has 0 aromatic heterocycles. The first-order valence-electron chi connectivity index (χ1n) is 7.07. The minimum atomic E-state index is -0.877. The number of ketones is 1. The molecule has 2 rings (SSSR count). The van der Waals surface area contributed by atoms with Crippen LogP contribution >= 0.6 is 0 Å². The lowest BCUT2D eigenvalue weighted by atomic mass is 9.78. The number of carbonyl (C=O) groups excluding carboxylic acids is 1. The van der Waals surface area contributed by atoms with E-state index in [0.717, 1.165) is 37.7 Å². The van der Waals surface area contributed by atoms with Crippen LogP contribution in [-0.4, -0.2) is 5.78 Å². The maximum atomic E-state index is 13.5. The van der Waals surface area contributed by atoms with Crippen molar-refractivity contribution in [2.24, 2.45) is 11.8 Å². The van der Waals surface area contributed by atoms with E-state index in [9.17, 15) is 13.6 Å². The first-order chi connectivity index (χ1) is 9.11. The van der Waals surface area contributed by atoms with Crippen LogP contribution in [0.3, 0.4) is 0 Å². The Morgan fingerprint density at radius 2 is 1.89 bits per heavy atom. The Balaban J connectivity index is 1.96. The van der Waals surface area contributed by atoms with Gasteiger partial charge in [0.15, 0.2) is 11.6 Å². The van der Waals surface area contributed by atoms with Gasteiger partial charge in [0, 0.05) is 12.3 Å². The van der Waals surface area contributed by atoms with Gasteiger partial charge in [-0.1, -0.05) is 25.5 Å². The van der Waals surface area contributed by atoms with E-state index < -0.39 is 11.6 Å². The Labute approximate surface area is 113 Å². The van der Waals surface area contributed by atoms with Crippen LogP contribution in [-0.2, 0) is 11.2 Å². The van der Waals surface area contributed by atoms with Gasteiger partial charge in [0.2, 0.25) is 0 Å². The molecule has 104 valence electrons. The van der Waals surface area contributed by atoms with Gasteiger partial charge in [-0.05, 0) is 43.2 Å². The number of rotatable bonds is 4. The summed E-state index contributed by atoms with van der Waals surface area (Å²) in [4.78, 5) is 12.1. The third kappa shape index (κ3) is 3.40. The van der Waals surface area contributed by atoms with E-state index >= 15 is 0 Å². The fourth-order valence-electron chi connectivity index (χ4n) is 2.91. The van der Waals surface area contributed by atoms with Crippen molar-refractivity contribution >= 4 is 5.78 Å². The lowest BCUT2D eigenvalue weighted by molar-refractivity contribution is -0.123. The molecule has 0 radical (unpaired) electrons. The minimum Gasteiger partial charge on any atom is -0.299 e. The molecule has 1 aliphatic rings. The van der Waals surface area contributed by atoms with Crippen LogP contribution < -0.4 is 0 Å². The van der Waals surface area contributed by atoms with E-state index in [0.29, 0.717) is 0 Å². The van der Waals surface area contributed by atoms with Gasteiger partial charge in [0.25, 0.3) is 0 Å². The quantitative estimate of drug-likeness (QED) is 0.794. The van der Waals surface area contributed by atoms with Gasteiger partial charge in [0.05, 0.1) is 0 Å². The number of halogens is 2. The second-order valence-electron chi connectivity index (χ2n) is 5.48. The lowest BCUT2D eigenvalue weighted by Crippen LogP contribution is -2.23. The highest BCUT2D eigenvalue weighted by molar-refractivity contribution is 5.83. The zero-order valence-electron chi connectivity index (χ0n) is 11.3. The van der Waals surface area contributed by atoms with Crippen LogP contribution in [0.25, 0.3) is 0 Å².